The number of rotatable bonds is 5. The fraction of sp³-hybridized carbons (Fsp3) is 0.250. The molecule has 0 fully saturated rings. The van der Waals surface area contributed by atoms with Gasteiger partial charge in [0.2, 0.25) is 6.71 Å². The Hall–Kier alpha value is -2.28. The molecule has 0 saturated heterocycles. The first-order chi connectivity index (χ1) is 11.8. The maximum Gasteiger partial charge on any atom is 0.237 e. The summed E-state index contributed by atoms with van der Waals surface area (Å²) < 4.78 is 0. The summed E-state index contributed by atoms with van der Waals surface area (Å²) in [5, 5.41) is 0. The lowest BCUT2D eigenvalue weighted by atomic mass is 9.35. The standard InChI is InChI=1S/C24H29B/c1-8-17(2)15-20(5)22(7)25(23-12-9-18(3)10-13-23)24-14-11-19(4)16-21(24)6/h8-16H,1H2,2-7H3/b17-15-,22-20+. The van der Waals surface area contributed by atoms with Gasteiger partial charge >= 0.3 is 0 Å². The van der Waals surface area contributed by atoms with E-state index in [0.29, 0.717) is 0 Å². The number of benzene rings is 2. The third-order valence-corrected chi connectivity index (χ3v) is 4.97. The van der Waals surface area contributed by atoms with Crippen LogP contribution < -0.4 is 10.9 Å². The first-order valence-electron chi connectivity index (χ1n) is 8.95. The molecule has 0 radical (unpaired) electrons. The van der Waals surface area contributed by atoms with Crippen LogP contribution in [0.4, 0.5) is 0 Å². The lowest BCUT2D eigenvalue weighted by molar-refractivity contribution is 1.37. The van der Waals surface area contributed by atoms with E-state index in [1.165, 1.54) is 44.2 Å². The quantitative estimate of drug-likeness (QED) is 0.521. The number of hydrogen-bond acceptors (Lipinski definition) is 0. The van der Waals surface area contributed by atoms with Crippen molar-refractivity contribution in [2.75, 3.05) is 0 Å². The summed E-state index contributed by atoms with van der Waals surface area (Å²) in [6.07, 6.45) is 4.14. The van der Waals surface area contributed by atoms with Gasteiger partial charge in [-0.15, -0.1) is 0 Å². The van der Waals surface area contributed by atoms with Gasteiger partial charge in [-0.05, 0) is 34.6 Å². The second kappa shape index (κ2) is 8.20. The van der Waals surface area contributed by atoms with Crippen LogP contribution in [0.25, 0.3) is 0 Å². The predicted molar refractivity (Wildman–Crippen MR) is 114 cm³/mol. The van der Waals surface area contributed by atoms with Crippen molar-refractivity contribution in [2.45, 2.75) is 41.5 Å². The molecule has 1 heteroatoms. The van der Waals surface area contributed by atoms with Gasteiger partial charge in [-0.1, -0.05) is 112 Å². The molecular formula is C24H29B. The van der Waals surface area contributed by atoms with E-state index in [1.807, 2.05) is 6.08 Å². The fourth-order valence-electron chi connectivity index (χ4n) is 3.31. The summed E-state index contributed by atoms with van der Waals surface area (Å²) in [5.74, 6) is 0. The van der Waals surface area contributed by atoms with Gasteiger partial charge in [0.25, 0.3) is 0 Å². The molecule has 25 heavy (non-hydrogen) atoms. The van der Waals surface area contributed by atoms with Crippen molar-refractivity contribution in [3.8, 4) is 0 Å². The molecule has 0 bridgehead atoms. The second-order valence-corrected chi connectivity index (χ2v) is 7.16. The second-order valence-electron chi connectivity index (χ2n) is 7.16. The van der Waals surface area contributed by atoms with Crippen molar-refractivity contribution in [3.63, 3.8) is 0 Å². The average molecular weight is 328 g/mol. The van der Waals surface area contributed by atoms with Crippen LogP contribution in [0.15, 0.2) is 77.8 Å². The molecule has 2 aromatic rings. The van der Waals surface area contributed by atoms with Crippen LogP contribution in [0.5, 0.6) is 0 Å². The number of hydrogen-bond donors (Lipinski definition) is 0. The van der Waals surface area contributed by atoms with Crippen molar-refractivity contribution < 1.29 is 0 Å². The fourth-order valence-corrected chi connectivity index (χ4v) is 3.31. The molecule has 0 aromatic heterocycles. The molecule has 128 valence electrons. The van der Waals surface area contributed by atoms with E-state index < -0.39 is 0 Å². The molecule has 0 aliphatic rings. The molecule has 0 N–H and O–H groups in total. The minimum atomic E-state index is 0.273. The van der Waals surface area contributed by atoms with Gasteiger partial charge in [-0.2, -0.15) is 0 Å². The molecule has 0 nitrogen and oxygen atoms in total. The van der Waals surface area contributed by atoms with Crippen molar-refractivity contribution in [1.29, 1.82) is 0 Å². The van der Waals surface area contributed by atoms with Crippen LogP contribution in [-0.4, -0.2) is 6.71 Å². The molecule has 2 aromatic carbocycles. The summed E-state index contributed by atoms with van der Waals surface area (Å²) in [5.41, 5.74) is 10.6. The molecule has 0 atom stereocenters. The van der Waals surface area contributed by atoms with E-state index in [4.69, 9.17) is 0 Å². The summed E-state index contributed by atoms with van der Waals surface area (Å²) in [6.45, 7) is 17.2. The van der Waals surface area contributed by atoms with E-state index in [9.17, 15) is 0 Å². The summed E-state index contributed by atoms with van der Waals surface area (Å²) >= 11 is 0. The summed E-state index contributed by atoms with van der Waals surface area (Å²) in [7, 11) is 0. The van der Waals surface area contributed by atoms with Crippen molar-refractivity contribution >= 4 is 17.6 Å². The van der Waals surface area contributed by atoms with Crippen LogP contribution in [0.1, 0.15) is 37.5 Å². The molecule has 2 rings (SSSR count). The highest BCUT2D eigenvalue weighted by Gasteiger charge is 2.23. The maximum atomic E-state index is 3.88. The summed E-state index contributed by atoms with van der Waals surface area (Å²) in [4.78, 5) is 0. The Kier molecular flexibility index (Phi) is 6.25. The molecule has 0 aliphatic carbocycles. The van der Waals surface area contributed by atoms with Crippen LogP contribution in [-0.2, 0) is 0 Å². The van der Waals surface area contributed by atoms with E-state index in [0.717, 1.165) is 0 Å². The van der Waals surface area contributed by atoms with Gasteiger partial charge in [0.05, 0.1) is 0 Å². The Morgan fingerprint density at radius 1 is 0.880 bits per heavy atom. The highest BCUT2D eigenvalue weighted by atomic mass is 14.0. The first-order valence-corrected chi connectivity index (χ1v) is 8.95. The van der Waals surface area contributed by atoms with Crippen LogP contribution in [0.2, 0.25) is 0 Å². The Balaban J connectivity index is 2.66. The van der Waals surface area contributed by atoms with Crippen LogP contribution in [0.3, 0.4) is 0 Å². The van der Waals surface area contributed by atoms with Gasteiger partial charge in [0.15, 0.2) is 0 Å². The third-order valence-electron chi connectivity index (χ3n) is 4.97. The Bertz CT molecular complexity index is 820. The topological polar surface area (TPSA) is 0 Å². The van der Waals surface area contributed by atoms with E-state index in [-0.39, 0.29) is 6.71 Å². The summed E-state index contributed by atoms with van der Waals surface area (Å²) in [6, 6.07) is 15.7. The van der Waals surface area contributed by atoms with Crippen molar-refractivity contribution in [3.05, 3.63) is 94.5 Å². The highest BCUT2D eigenvalue weighted by Crippen LogP contribution is 2.15. The lowest BCUT2D eigenvalue weighted by Gasteiger charge is -2.20. The monoisotopic (exact) mass is 328 g/mol. The van der Waals surface area contributed by atoms with Crippen molar-refractivity contribution in [1.82, 2.24) is 0 Å². The zero-order chi connectivity index (χ0) is 18.6. The van der Waals surface area contributed by atoms with Crippen LogP contribution in [0, 0.1) is 20.8 Å². The molecule has 0 unspecified atom stereocenters. The van der Waals surface area contributed by atoms with Crippen molar-refractivity contribution in [2.24, 2.45) is 0 Å². The largest absolute Gasteiger partial charge is 0.237 e. The SMILES string of the molecule is C=C/C(C)=C\C(C)=C(/C)B(c1ccc(C)cc1)c1ccc(C)cc1C. The van der Waals surface area contributed by atoms with Gasteiger partial charge in [0.1, 0.15) is 0 Å². The molecule has 0 spiro atoms. The highest BCUT2D eigenvalue weighted by molar-refractivity contribution is 6.91. The lowest BCUT2D eigenvalue weighted by Crippen LogP contribution is -2.45. The predicted octanol–water partition coefficient (Wildman–Crippen LogP) is 5.23. The van der Waals surface area contributed by atoms with E-state index in [2.05, 4.69) is 96.7 Å². The zero-order valence-corrected chi connectivity index (χ0v) is 16.5. The first kappa shape index (κ1) is 19.1. The minimum Gasteiger partial charge on any atom is -0.0988 e. The van der Waals surface area contributed by atoms with E-state index >= 15 is 0 Å². The van der Waals surface area contributed by atoms with Crippen LogP contribution >= 0.6 is 0 Å². The Morgan fingerprint density at radius 2 is 1.48 bits per heavy atom. The third kappa shape index (κ3) is 4.63. The molecule has 0 saturated carbocycles. The van der Waals surface area contributed by atoms with Gasteiger partial charge in [-0.3, -0.25) is 0 Å². The molecule has 0 heterocycles. The smallest absolute Gasteiger partial charge is 0.0988 e. The average Bonchev–Trinajstić information content (AvgIpc) is 2.58. The normalized spacial score (nSPS) is 12.6. The molecule has 0 aliphatic heterocycles. The van der Waals surface area contributed by atoms with Gasteiger partial charge in [-0.25, -0.2) is 0 Å². The maximum absolute atomic E-state index is 3.88. The molecule has 0 amide bonds. The Morgan fingerprint density at radius 3 is 2.04 bits per heavy atom. The number of aryl methyl sites for hydroxylation is 3. The van der Waals surface area contributed by atoms with E-state index in [1.54, 1.807) is 0 Å². The Labute approximate surface area is 154 Å². The molecular weight excluding hydrogens is 299 g/mol. The minimum absolute atomic E-state index is 0.273. The zero-order valence-electron chi connectivity index (χ0n) is 16.5. The van der Waals surface area contributed by atoms with Gasteiger partial charge in [0, 0.05) is 0 Å². The van der Waals surface area contributed by atoms with Gasteiger partial charge < -0.3 is 0 Å². The number of allylic oxidation sites excluding steroid dienone is 5.